The van der Waals surface area contributed by atoms with Crippen LogP contribution < -0.4 is 14.8 Å². The largest absolute Gasteiger partial charge is 0.493 e. The lowest BCUT2D eigenvalue weighted by molar-refractivity contribution is -0.132. The van der Waals surface area contributed by atoms with E-state index in [0.29, 0.717) is 35.1 Å². The number of methoxy groups -OCH3 is 1. The second-order valence-electron chi connectivity index (χ2n) is 6.38. The molecule has 2 aromatic rings. The molecule has 0 fully saturated rings. The molecule has 30 heavy (non-hydrogen) atoms. The van der Waals surface area contributed by atoms with Crippen molar-refractivity contribution in [3.63, 3.8) is 0 Å². The zero-order valence-electron chi connectivity index (χ0n) is 16.9. The van der Waals surface area contributed by atoms with E-state index in [1.807, 2.05) is 31.2 Å². The lowest BCUT2D eigenvalue weighted by Gasteiger charge is -2.18. The first kappa shape index (κ1) is 23.1. The predicted octanol–water partition coefficient (Wildman–Crippen LogP) is 3.61. The summed E-state index contributed by atoms with van der Waals surface area (Å²) in [7, 11) is 1.53. The van der Waals surface area contributed by atoms with Crippen LogP contribution in [0.2, 0.25) is 5.02 Å². The SMILES string of the molecule is C#CCOC(C(=O)NCCc1ccc(OCC#N)c(OC)c1)c1ccc(Cl)c(C)c1. The topological polar surface area (TPSA) is 80.6 Å². The lowest BCUT2D eigenvalue weighted by Crippen LogP contribution is -2.32. The number of carbonyl (C=O) groups is 1. The number of nitrogens with one attached hydrogen (secondary N) is 1. The minimum Gasteiger partial charge on any atom is -0.493 e. The molecule has 2 aromatic carbocycles. The van der Waals surface area contributed by atoms with E-state index in [-0.39, 0.29) is 19.1 Å². The molecule has 1 amide bonds. The third kappa shape index (κ3) is 6.42. The van der Waals surface area contributed by atoms with Crippen molar-refractivity contribution >= 4 is 17.5 Å². The number of nitrogens with zero attached hydrogens (tertiary/aromatic N) is 1. The van der Waals surface area contributed by atoms with E-state index in [1.165, 1.54) is 7.11 Å². The molecule has 0 aliphatic rings. The number of aryl methyl sites for hydroxylation is 1. The molecule has 0 radical (unpaired) electrons. The lowest BCUT2D eigenvalue weighted by atomic mass is 10.1. The molecule has 1 atom stereocenters. The van der Waals surface area contributed by atoms with Crippen molar-refractivity contribution in [2.75, 3.05) is 26.9 Å². The van der Waals surface area contributed by atoms with Crippen LogP contribution in [-0.2, 0) is 16.0 Å². The van der Waals surface area contributed by atoms with E-state index >= 15 is 0 Å². The van der Waals surface area contributed by atoms with Gasteiger partial charge in [-0.2, -0.15) is 5.26 Å². The third-order valence-corrected chi connectivity index (χ3v) is 4.71. The second-order valence-corrected chi connectivity index (χ2v) is 6.78. The van der Waals surface area contributed by atoms with Crippen molar-refractivity contribution in [2.24, 2.45) is 0 Å². The Balaban J connectivity index is 2.02. The van der Waals surface area contributed by atoms with Crippen LogP contribution in [0.5, 0.6) is 11.5 Å². The Hall–Kier alpha value is -3.19. The zero-order valence-corrected chi connectivity index (χ0v) is 17.7. The second kappa shape index (κ2) is 11.7. The van der Waals surface area contributed by atoms with Gasteiger partial charge in [0.05, 0.1) is 7.11 Å². The number of terminal acetylenes is 1. The number of rotatable bonds is 10. The summed E-state index contributed by atoms with van der Waals surface area (Å²) in [5.41, 5.74) is 2.48. The third-order valence-electron chi connectivity index (χ3n) is 4.29. The summed E-state index contributed by atoms with van der Waals surface area (Å²) < 4.78 is 16.2. The van der Waals surface area contributed by atoms with Crippen LogP contribution in [-0.4, -0.2) is 32.8 Å². The molecule has 0 aromatic heterocycles. The number of benzene rings is 2. The van der Waals surface area contributed by atoms with Crippen LogP contribution in [0.3, 0.4) is 0 Å². The summed E-state index contributed by atoms with van der Waals surface area (Å²) in [5.74, 6) is 3.13. The fraction of sp³-hybridized carbons (Fsp3) is 0.304. The minimum atomic E-state index is -0.826. The maximum atomic E-state index is 12.7. The summed E-state index contributed by atoms with van der Waals surface area (Å²) in [6.45, 7) is 2.21. The van der Waals surface area contributed by atoms with E-state index in [4.69, 9.17) is 37.5 Å². The van der Waals surface area contributed by atoms with E-state index in [1.54, 1.807) is 18.2 Å². The van der Waals surface area contributed by atoms with Gasteiger partial charge in [0.1, 0.15) is 12.7 Å². The van der Waals surface area contributed by atoms with Gasteiger partial charge in [0.2, 0.25) is 0 Å². The molecule has 0 bridgehead atoms. The average Bonchev–Trinajstić information content (AvgIpc) is 2.75. The molecular formula is C23H23ClN2O4. The summed E-state index contributed by atoms with van der Waals surface area (Å²) >= 11 is 6.08. The van der Waals surface area contributed by atoms with Crippen LogP contribution in [0, 0.1) is 30.6 Å². The summed E-state index contributed by atoms with van der Waals surface area (Å²) in [4.78, 5) is 12.7. The summed E-state index contributed by atoms with van der Waals surface area (Å²) in [5, 5.41) is 12.1. The van der Waals surface area contributed by atoms with Crippen molar-refractivity contribution in [2.45, 2.75) is 19.4 Å². The van der Waals surface area contributed by atoms with Crippen molar-refractivity contribution in [3.05, 3.63) is 58.1 Å². The molecule has 1 N–H and O–H groups in total. The Kier molecular flexibility index (Phi) is 9.03. The highest BCUT2D eigenvalue weighted by molar-refractivity contribution is 6.31. The Morgan fingerprint density at radius 3 is 2.70 bits per heavy atom. The number of hydrogen-bond acceptors (Lipinski definition) is 5. The van der Waals surface area contributed by atoms with Crippen molar-refractivity contribution in [1.82, 2.24) is 5.32 Å². The quantitative estimate of drug-likeness (QED) is 0.587. The van der Waals surface area contributed by atoms with Gasteiger partial charge in [-0.25, -0.2) is 0 Å². The van der Waals surface area contributed by atoms with Gasteiger partial charge in [0.25, 0.3) is 5.91 Å². The fourth-order valence-corrected chi connectivity index (χ4v) is 2.92. The first-order valence-electron chi connectivity index (χ1n) is 9.25. The maximum Gasteiger partial charge on any atom is 0.253 e. The minimum absolute atomic E-state index is 0.0150. The van der Waals surface area contributed by atoms with Gasteiger partial charge in [-0.15, -0.1) is 6.42 Å². The van der Waals surface area contributed by atoms with Gasteiger partial charge >= 0.3 is 0 Å². The molecule has 0 spiro atoms. The zero-order chi connectivity index (χ0) is 21.9. The number of ether oxygens (including phenoxy) is 3. The number of carbonyl (C=O) groups excluding carboxylic acids is 1. The van der Waals surface area contributed by atoms with E-state index < -0.39 is 6.10 Å². The first-order chi connectivity index (χ1) is 14.5. The molecule has 0 saturated heterocycles. The van der Waals surface area contributed by atoms with Crippen LogP contribution in [0.25, 0.3) is 0 Å². The van der Waals surface area contributed by atoms with Crippen molar-refractivity contribution in [3.8, 4) is 29.9 Å². The molecule has 2 rings (SSSR count). The number of nitriles is 1. The van der Waals surface area contributed by atoms with Crippen LogP contribution in [0.4, 0.5) is 0 Å². The van der Waals surface area contributed by atoms with E-state index in [2.05, 4.69) is 11.2 Å². The Morgan fingerprint density at radius 2 is 2.03 bits per heavy atom. The van der Waals surface area contributed by atoms with Crippen molar-refractivity contribution < 1.29 is 19.0 Å². The van der Waals surface area contributed by atoms with E-state index in [9.17, 15) is 4.79 Å². The molecular weight excluding hydrogens is 404 g/mol. The monoisotopic (exact) mass is 426 g/mol. The number of halogens is 1. The number of hydrogen-bond donors (Lipinski definition) is 1. The number of amides is 1. The van der Waals surface area contributed by atoms with E-state index in [0.717, 1.165) is 11.1 Å². The Bertz CT molecular complexity index is 963. The Labute approximate surface area is 181 Å². The highest BCUT2D eigenvalue weighted by Gasteiger charge is 2.21. The molecule has 6 nitrogen and oxygen atoms in total. The fourth-order valence-electron chi connectivity index (χ4n) is 2.81. The molecule has 0 aliphatic heterocycles. The highest BCUT2D eigenvalue weighted by Crippen LogP contribution is 2.28. The first-order valence-corrected chi connectivity index (χ1v) is 9.63. The predicted molar refractivity (Wildman–Crippen MR) is 115 cm³/mol. The van der Waals surface area contributed by atoms with Gasteiger partial charge in [-0.05, 0) is 48.2 Å². The summed E-state index contributed by atoms with van der Waals surface area (Å²) in [6.07, 6.45) is 5.03. The van der Waals surface area contributed by atoms with Crippen LogP contribution in [0.1, 0.15) is 22.8 Å². The van der Waals surface area contributed by atoms with Gasteiger partial charge in [0, 0.05) is 11.6 Å². The summed E-state index contributed by atoms with van der Waals surface area (Å²) in [6, 6.07) is 12.6. The maximum absolute atomic E-state index is 12.7. The molecule has 156 valence electrons. The van der Waals surface area contributed by atoms with Crippen molar-refractivity contribution in [1.29, 1.82) is 5.26 Å². The molecule has 7 heteroatoms. The van der Waals surface area contributed by atoms with Gasteiger partial charge in [0.15, 0.2) is 24.2 Å². The van der Waals surface area contributed by atoms with Gasteiger partial charge < -0.3 is 19.5 Å². The van der Waals surface area contributed by atoms with Gasteiger partial charge in [-0.1, -0.05) is 35.7 Å². The van der Waals surface area contributed by atoms with Gasteiger partial charge in [-0.3, -0.25) is 4.79 Å². The molecule has 0 heterocycles. The average molecular weight is 427 g/mol. The Morgan fingerprint density at radius 1 is 1.23 bits per heavy atom. The molecule has 0 saturated carbocycles. The standard InChI is InChI=1S/C23H23ClN2O4/c1-4-12-30-22(18-6-7-19(24)16(2)14-18)23(27)26-11-9-17-5-8-20(29-13-10-25)21(15-17)28-3/h1,5-8,14-15,22H,9,11-13H2,2-3H3,(H,26,27). The molecule has 0 aliphatic carbocycles. The smallest absolute Gasteiger partial charge is 0.253 e. The normalized spacial score (nSPS) is 11.1. The van der Waals surface area contributed by atoms with Crippen LogP contribution in [0.15, 0.2) is 36.4 Å². The highest BCUT2D eigenvalue weighted by atomic mass is 35.5. The molecule has 1 unspecified atom stereocenters. The van der Waals surface area contributed by atoms with Crippen LogP contribution >= 0.6 is 11.6 Å².